The van der Waals surface area contributed by atoms with Gasteiger partial charge in [0.15, 0.2) is 5.82 Å². The van der Waals surface area contributed by atoms with E-state index in [0.717, 1.165) is 16.8 Å². The number of ether oxygens (including phenoxy) is 1. The van der Waals surface area contributed by atoms with Crippen LogP contribution in [0.5, 0.6) is 5.75 Å². The molecule has 0 saturated carbocycles. The maximum Gasteiger partial charge on any atom is 0.238 e. The summed E-state index contributed by atoms with van der Waals surface area (Å²) in [7, 11) is 0. The highest BCUT2D eigenvalue weighted by Gasteiger charge is 2.32. The molecule has 2 aromatic carbocycles. The molecule has 2 heterocycles. The number of rotatable bonds is 4. The first kappa shape index (κ1) is 18.6. The van der Waals surface area contributed by atoms with Crippen LogP contribution in [0.1, 0.15) is 34.6 Å². The van der Waals surface area contributed by atoms with Crippen molar-refractivity contribution < 1.29 is 13.9 Å². The van der Waals surface area contributed by atoms with E-state index < -0.39 is 0 Å². The topological polar surface area (TPSA) is 67.0 Å². The highest BCUT2D eigenvalue weighted by atomic mass is 32.2. The molecule has 4 rings (SSSR count). The molecule has 0 aliphatic carbocycles. The zero-order chi connectivity index (χ0) is 19.7. The van der Waals surface area contributed by atoms with Gasteiger partial charge in [-0.2, -0.15) is 5.10 Å². The third-order valence-corrected chi connectivity index (χ3v) is 6.15. The second-order valence-electron chi connectivity index (χ2n) is 6.71. The largest absolute Gasteiger partial charge is 0.489 e. The van der Waals surface area contributed by atoms with Gasteiger partial charge in [-0.3, -0.25) is 9.89 Å². The van der Waals surface area contributed by atoms with Crippen molar-refractivity contribution in [3.63, 3.8) is 0 Å². The summed E-state index contributed by atoms with van der Waals surface area (Å²) in [5.74, 6) is 0.925. The van der Waals surface area contributed by atoms with Crippen LogP contribution in [-0.2, 0) is 11.4 Å². The predicted molar refractivity (Wildman–Crippen MR) is 108 cm³/mol. The SMILES string of the molecule is Cc1[nH]nc2c1[C@H](c1ccc(OCc3ccccc3F)cc1)S[C@@H](C)C(=O)N2. The van der Waals surface area contributed by atoms with Crippen LogP contribution in [0.2, 0.25) is 0 Å². The Hall–Kier alpha value is -2.80. The number of benzene rings is 2. The summed E-state index contributed by atoms with van der Waals surface area (Å²) < 4.78 is 19.5. The average molecular weight is 397 g/mol. The van der Waals surface area contributed by atoms with Gasteiger partial charge in [-0.15, -0.1) is 11.8 Å². The molecule has 28 heavy (non-hydrogen) atoms. The summed E-state index contributed by atoms with van der Waals surface area (Å²) in [6, 6.07) is 14.3. The molecule has 1 aliphatic rings. The van der Waals surface area contributed by atoms with E-state index in [1.54, 1.807) is 30.0 Å². The van der Waals surface area contributed by atoms with Gasteiger partial charge in [0.2, 0.25) is 5.91 Å². The van der Waals surface area contributed by atoms with Crippen molar-refractivity contribution in [1.29, 1.82) is 0 Å². The lowest BCUT2D eigenvalue weighted by atomic mass is 10.0. The van der Waals surface area contributed by atoms with Gasteiger partial charge in [-0.1, -0.05) is 30.3 Å². The van der Waals surface area contributed by atoms with E-state index in [1.807, 2.05) is 38.1 Å². The summed E-state index contributed by atoms with van der Waals surface area (Å²) in [5.41, 5.74) is 3.49. The number of aromatic amines is 1. The quantitative estimate of drug-likeness (QED) is 0.675. The number of anilines is 1. The predicted octanol–water partition coefficient (Wildman–Crippen LogP) is 4.60. The van der Waals surface area contributed by atoms with Gasteiger partial charge < -0.3 is 10.1 Å². The van der Waals surface area contributed by atoms with Gasteiger partial charge in [-0.25, -0.2) is 4.39 Å². The van der Waals surface area contributed by atoms with Crippen LogP contribution >= 0.6 is 11.8 Å². The summed E-state index contributed by atoms with van der Waals surface area (Å²) in [6.45, 7) is 4.02. The first-order valence-electron chi connectivity index (χ1n) is 9.00. The van der Waals surface area contributed by atoms with E-state index in [4.69, 9.17) is 4.74 Å². The lowest BCUT2D eigenvalue weighted by molar-refractivity contribution is -0.115. The Balaban J connectivity index is 1.55. The summed E-state index contributed by atoms with van der Waals surface area (Å²) in [4.78, 5) is 12.2. The van der Waals surface area contributed by atoms with Gasteiger partial charge in [0.1, 0.15) is 18.2 Å². The Labute approximate surface area is 166 Å². The molecular weight excluding hydrogens is 377 g/mol. The molecule has 1 amide bonds. The normalized spacial score (nSPS) is 18.9. The molecule has 0 saturated heterocycles. The average Bonchev–Trinajstić information content (AvgIpc) is 2.99. The molecule has 0 fully saturated rings. The Morgan fingerprint density at radius 2 is 1.93 bits per heavy atom. The van der Waals surface area contributed by atoms with E-state index in [-0.39, 0.29) is 28.8 Å². The van der Waals surface area contributed by atoms with Crippen LogP contribution in [0.25, 0.3) is 0 Å². The summed E-state index contributed by atoms with van der Waals surface area (Å²) in [6.07, 6.45) is 0. The fraction of sp³-hybridized carbons (Fsp3) is 0.238. The second kappa shape index (κ2) is 7.67. The third kappa shape index (κ3) is 3.62. The zero-order valence-electron chi connectivity index (χ0n) is 15.5. The fourth-order valence-electron chi connectivity index (χ4n) is 3.17. The molecule has 0 radical (unpaired) electrons. The number of halogens is 1. The second-order valence-corrected chi connectivity index (χ2v) is 8.16. The number of hydrogen-bond donors (Lipinski definition) is 2. The summed E-state index contributed by atoms with van der Waals surface area (Å²) in [5, 5.41) is 9.86. The minimum Gasteiger partial charge on any atom is -0.489 e. The zero-order valence-corrected chi connectivity index (χ0v) is 16.3. The van der Waals surface area contributed by atoms with Crippen LogP contribution < -0.4 is 10.1 Å². The Morgan fingerprint density at radius 1 is 1.18 bits per heavy atom. The van der Waals surface area contributed by atoms with Crippen molar-refractivity contribution in [3.05, 3.63) is 76.7 Å². The maximum absolute atomic E-state index is 13.7. The monoisotopic (exact) mass is 397 g/mol. The smallest absolute Gasteiger partial charge is 0.238 e. The number of nitrogens with one attached hydrogen (secondary N) is 2. The Kier molecular flexibility index (Phi) is 5.09. The van der Waals surface area contributed by atoms with Crippen molar-refractivity contribution >= 4 is 23.5 Å². The van der Waals surface area contributed by atoms with Crippen molar-refractivity contribution in [2.45, 2.75) is 31.0 Å². The standard InChI is InChI=1S/C21H20FN3O2S/c1-12-18-19(28-13(2)21(26)23-20(18)25-24-12)14-7-9-16(10-8-14)27-11-15-5-3-4-6-17(15)22/h3-10,13,19H,11H2,1-2H3,(H2,23,24,25,26)/t13-,19-/m0/s1. The van der Waals surface area contributed by atoms with Crippen LogP contribution in [0.4, 0.5) is 10.2 Å². The molecule has 5 nitrogen and oxygen atoms in total. The minimum absolute atomic E-state index is 0.0247. The molecule has 0 spiro atoms. The molecule has 1 aliphatic heterocycles. The molecule has 3 aromatic rings. The van der Waals surface area contributed by atoms with Gasteiger partial charge >= 0.3 is 0 Å². The molecule has 1 aromatic heterocycles. The number of carbonyl (C=O) groups excluding carboxylic acids is 1. The van der Waals surface area contributed by atoms with Gasteiger partial charge in [-0.05, 0) is 37.6 Å². The van der Waals surface area contributed by atoms with E-state index in [9.17, 15) is 9.18 Å². The number of carbonyl (C=O) groups is 1. The third-order valence-electron chi connectivity index (χ3n) is 4.74. The molecule has 0 unspecified atom stereocenters. The highest BCUT2D eigenvalue weighted by molar-refractivity contribution is 8.01. The number of nitrogens with zero attached hydrogens (tertiary/aromatic N) is 1. The maximum atomic E-state index is 13.7. The highest BCUT2D eigenvalue weighted by Crippen LogP contribution is 2.44. The van der Waals surface area contributed by atoms with E-state index in [2.05, 4.69) is 15.5 Å². The van der Waals surface area contributed by atoms with Crippen molar-refractivity contribution in [1.82, 2.24) is 10.2 Å². The number of H-pyrrole nitrogens is 1. The molecule has 0 bridgehead atoms. The number of hydrogen-bond acceptors (Lipinski definition) is 4. The van der Waals surface area contributed by atoms with Crippen LogP contribution in [-0.4, -0.2) is 21.4 Å². The van der Waals surface area contributed by atoms with E-state index in [0.29, 0.717) is 17.1 Å². The molecule has 2 atom stereocenters. The van der Waals surface area contributed by atoms with Crippen molar-refractivity contribution in [3.8, 4) is 5.75 Å². The first-order valence-corrected chi connectivity index (χ1v) is 9.94. The Bertz CT molecular complexity index is 1000. The van der Waals surface area contributed by atoms with Crippen molar-refractivity contribution in [2.24, 2.45) is 0 Å². The minimum atomic E-state index is -0.275. The molecule has 7 heteroatoms. The van der Waals surface area contributed by atoms with Gasteiger partial charge in [0.05, 0.1) is 10.5 Å². The van der Waals surface area contributed by atoms with E-state index >= 15 is 0 Å². The van der Waals surface area contributed by atoms with Crippen molar-refractivity contribution in [2.75, 3.05) is 5.32 Å². The number of fused-ring (bicyclic) bond motifs is 1. The van der Waals surface area contributed by atoms with Crippen LogP contribution in [0.3, 0.4) is 0 Å². The molecule has 144 valence electrons. The van der Waals surface area contributed by atoms with Crippen LogP contribution in [0, 0.1) is 12.7 Å². The van der Waals surface area contributed by atoms with Gasteiger partial charge in [0.25, 0.3) is 0 Å². The Morgan fingerprint density at radius 3 is 2.68 bits per heavy atom. The number of amides is 1. The van der Waals surface area contributed by atoms with E-state index in [1.165, 1.54) is 6.07 Å². The number of aryl methyl sites for hydroxylation is 1. The molecule has 2 N–H and O–H groups in total. The van der Waals surface area contributed by atoms with Gasteiger partial charge in [0, 0.05) is 16.8 Å². The van der Waals surface area contributed by atoms with Crippen LogP contribution in [0.15, 0.2) is 48.5 Å². The first-order chi connectivity index (χ1) is 13.5. The summed E-state index contributed by atoms with van der Waals surface area (Å²) >= 11 is 1.59. The lowest BCUT2D eigenvalue weighted by Crippen LogP contribution is -2.21. The number of aromatic nitrogens is 2. The fourth-order valence-corrected chi connectivity index (χ4v) is 4.50. The number of thioether (sulfide) groups is 1. The molecular formula is C21H20FN3O2S. The lowest BCUT2D eigenvalue weighted by Gasteiger charge is -2.18.